The Morgan fingerprint density at radius 2 is 2.10 bits per heavy atom. The summed E-state index contributed by atoms with van der Waals surface area (Å²) in [5.74, 6) is 0. The summed E-state index contributed by atoms with van der Waals surface area (Å²) in [5, 5.41) is 9.38. The molecule has 10 heavy (non-hydrogen) atoms. The lowest BCUT2D eigenvalue weighted by molar-refractivity contribution is -0.103. The third kappa shape index (κ3) is 0.509. The highest BCUT2D eigenvalue weighted by molar-refractivity contribution is 5.03. The zero-order chi connectivity index (χ0) is 6.72. The molecule has 2 bridgehead atoms. The van der Waals surface area contributed by atoms with Crippen LogP contribution in [0.4, 0.5) is 0 Å². The van der Waals surface area contributed by atoms with Crippen LogP contribution in [0, 0.1) is 0 Å². The van der Waals surface area contributed by atoms with Crippen molar-refractivity contribution < 1.29 is 19.3 Å². The Hall–Kier alpha value is -0.160. The second-order valence-electron chi connectivity index (χ2n) is 2.93. The maximum atomic E-state index is 9.38. The lowest BCUT2D eigenvalue weighted by Crippen LogP contribution is -2.39. The molecule has 0 aromatic carbocycles. The van der Waals surface area contributed by atoms with Gasteiger partial charge in [0, 0.05) is 0 Å². The highest BCUT2D eigenvalue weighted by Gasteiger charge is 2.61. The van der Waals surface area contributed by atoms with E-state index < -0.39 is 6.10 Å². The second kappa shape index (κ2) is 1.53. The molecule has 1 N–H and O–H groups in total. The average Bonchev–Trinajstić information content (AvgIpc) is 2.61. The fourth-order valence-corrected chi connectivity index (χ4v) is 1.63. The van der Waals surface area contributed by atoms with Gasteiger partial charge in [0.15, 0.2) is 6.29 Å². The van der Waals surface area contributed by atoms with Crippen molar-refractivity contribution in [1.29, 1.82) is 0 Å². The highest BCUT2D eigenvalue weighted by Crippen LogP contribution is 2.41. The zero-order valence-electron chi connectivity index (χ0n) is 5.27. The third-order valence-corrected chi connectivity index (χ3v) is 2.28. The van der Waals surface area contributed by atoms with Crippen molar-refractivity contribution in [1.82, 2.24) is 0 Å². The molecule has 0 amide bonds. The van der Waals surface area contributed by atoms with Gasteiger partial charge in [-0.25, -0.2) is 0 Å². The molecule has 0 radical (unpaired) electrons. The van der Waals surface area contributed by atoms with E-state index in [1.165, 1.54) is 0 Å². The first kappa shape index (κ1) is 5.49. The van der Waals surface area contributed by atoms with Gasteiger partial charge in [0.2, 0.25) is 0 Å². The van der Waals surface area contributed by atoms with Crippen LogP contribution in [0.5, 0.6) is 0 Å². The minimum Gasteiger partial charge on any atom is -0.387 e. The van der Waals surface area contributed by atoms with E-state index in [2.05, 4.69) is 0 Å². The van der Waals surface area contributed by atoms with Crippen LogP contribution in [-0.2, 0) is 14.2 Å². The number of rotatable bonds is 0. The van der Waals surface area contributed by atoms with Crippen LogP contribution in [0.1, 0.15) is 0 Å². The Kier molecular flexibility index (Phi) is 0.840. The molecule has 0 spiro atoms. The summed E-state index contributed by atoms with van der Waals surface area (Å²) in [7, 11) is 0. The highest BCUT2D eigenvalue weighted by atomic mass is 16.8. The van der Waals surface area contributed by atoms with E-state index in [0.29, 0.717) is 6.61 Å². The van der Waals surface area contributed by atoms with Crippen molar-refractivity contribution in [2.45, 2.75) is 30.7 Å². The van der Waals surface area contributed by atoms with Gasteiger partial charge in [-0.15, -0.1) is 0 Å². The Bertz CT molecular complexity index is 169. The number of aliphatic hydroxyl groups is 1. The number of hydrogen-bond acceptors (Lipinski definition) is 4. The number of epoxide rings is 1. The minimum absolute atomic E-state index is 0.00810. The van der Waals surface area contributed by atoms with E-state index in [9.17, 15) is 5.11 Å². The van der Waals surface area contributed by atoms with Crippen LogP contribution in [0.2, 0.25) is 0 Å². The van der Waals surface area contributed by atoms with Crippen molar-refractivity contribution in [2.75, 3.05) is 6.61 Å². The van der Waals surface area contributed by atoms with Crippen molar-refractivity contribution in [3.63, 3.8) is 0 Å². The first-order chi connectivity index (χ1) is 4.86. The Morgan fingerprint density at radius 1 is 1.20 bits per heavy atom. The minimum atomic E-state index is -0.469. The van der Waals surface area contributed by atoms with Gasteiger partial charge in [-0.2, -0.15) is 0 Å². The summed E-state index contributed by atoms with van der Waals surface area (Å²) in [6.07, 6.45) is -0.809. The van der Waals surface area contributed by atoms with Gasteiger partial charge in [-0.3, -0.25) is 0 Å². The number of hydrogen-bond donors (Lipinski definition) is 1. The predicted molar refractivity (Wildman–Crippen MR) is 29.3 cm³/mol. The van der Waals surface area contributed by atoms with Crippen LogP contribution < -0.4 is 0 Å². The summed E-state index contributed by atoms with van der Waals surface area (Å²) in [4.78, 5) is 0. The first-order valence-corrected chi connectivity index (χ1v) is 3.47. The summed E-state index contributed by atoms with van der Waals surface area (Å²) in [5.41, 5.74) is 0. The standard InChI is InChI=1S/C6H8O4/c7-3-2-1-8-6(9-2)5-4(3)10-5/h2-7H,1H2/t2-,3+,4+,5-,6?/m1/s1. The summed E-state index contributed by atoms with van der Waals surface area (Å²) >= 11 is 0. The van der Waals surface area contributed by atoms with Gasteiger partial charge >= 0.3 is 0 Å². The molecule has 3 aliphatic rings. The fraction of sp³-hybridized carbons (Fsp3) is 1.00. The molecular formula is C6H8O4. The molecule has 3 rings (SSSR count). The van der Waals surface area contributed by atoms with E-state index in [0.717, 1.165) is 0 Å². The molecule has 5 atom stereocenters. The Labute approximate surface area is 57.7 Å². The van der Waals surface area contributed by atoms with Crippen LogP contribution in [0.15, 0.2) is 0 Å². The van der Waals surface area contributed by atoms with Gasteiger partial charge in [0.05, 0.1) is 6.61 Å². The van der Waals surface area contributed by atoms with E-state index in [4.69, 9.17) is 14.2 Å². The van der Waals surface area contributed by atoms with E-state index in [1.54, 1.807) is 0 Å². The smallest absolute Gasteiger partial charge is 0.187 e. The first-order valence-electron chi connectivity index (χ1n) is 3.47. The largest absolute Gasteiger partial charge is 0.387 e. The maximum Gasteiger partial charge on any atom is 0.187 e. The van der Waals surface area contributed by atoms with E-state index in [1.807, 2.05) is 0 Å². The predicted octanol–water partition coefficient (Wildman–Crippen LogP) is -1.13. The van der Waals surface area contributed by atoms with Crippen LogP contribution in [0.3, 0.4) is 0 Å². The molecule has 4 heteroatoms. The van der Waals surface area contributed by atoms with Gasteiger partial charge in [0.25, 0.3) is 0 Å². The zero-order valence-corrected chi connectivity index (χ0v) is 5.27. The molecule has 0 saturated carbocycles. The van der Waals surface area contributed by atoms with Crippen molar-refractivity contribution in [3.05, 3.63) is 0 Å². The normalized spacial score (nSPS) is 63.9. The monoisotopic (exact) mass is 144 g/mol. The summed E-state index contributed by atoms with van der Waals surface area (Å²) in [6.45, 7) is 0.516. The molecule has 3 saturated heterocycles. The summed E-state index contributed by atoms with van der Waals surface area (Å²) < 4.78 is 15.6. The number of fused-ring (bicyclic) bond motifs is 4. The quantitative estimate of drug-likeness (QED) is 0.437. The van der Waals surface area contributed by atoms with E-state index >= 15 is 0 Å². The van der Waals surface area contributed by atoms with Crippen LogP contribution in [0.25, 0.3) is 0 Å². The molecule has 3 fully saturated rings. The topological polar surface area (TPSA) is 51.2 Å². The Morgan fingerprint density at radius 3 is 3.00 bits per heavy atom. The molecule has 56 valence electrons. The van der Waals surface area contributed by atoms with Crippen LogP contribution >= 0.6 is 0 Å². The maximum absolute atomic E-state index is 9.38. The van der Waals surface area contributed by atoms with Crippen molar-refractivity contribution >= 4 is 0 Å². The molecular weight excluding hydrogens is 136 g/mol. The molecule has 4 nitrogen and oxygen atoms in total. The molecule has 1 unspecified atom stereocenters. The second-order valence-corrected chi connectivity index (χ2v) is 2.93. The van der Waals surface area contributed by atoms with Crippen molar-refractivity contribution in [2.24, 2.45) is 0 Å². The number of aliphatic hydroxyl groups excluding tert-OH is 1. The lowest BCUT2D eigenvalue weighted by Gasteiger charge is -2.18. The molecule has 0 aromatic rings. The van der Waals surface area contributed by atoms with Crippen molar-refractivity contribution in [3.8, 4) is 0 Å². The third-order valence-electron chi connectivity index (χ3n) is 2.28. The summed E-state index contributed by atoms with van der Waals surface area (Å²) in [6, 6.07) is 0. The lowest BCUT2D eigenvalue weighted by atomic mass is 10.1. The SMILES string of the molecule is O[C@@H]1[C@@H]2O[C@H]2C2OC[C@H]1O2. The van der Waals surface area contributed by atoms with Gasteiger partial charge < -0.3 is 19.3 Å². The Balaban J connectivity index is 1.91. The molecule has 3 aliphatic heterocycles. The molecule has 3 heterocycles. The van der Waals surface area contributed by atoms with Gasteiger partial charge in [0.1, 0.15) is 24.4 Å². The van der Waals surface area contributed by atoms with E-state index in [-0.39, 0.29) is 24.6 Å². The fourth-order valence-electron chi connectivity index (χ4n) is 1.63. The average molecular weight is 144 g/mol. The van der Waals surface area contributed by atoms with Gasteiger partial charge in [-0.05, 0) is 0 Å². The molecule has 0 aromatic heterocycles. The van der Waals surface area contributed by atoms with Gasteiger partial charge in [-0.1, -0.05) is 0 Å². The van der Waals surface area contributed by atoms with Crippen LogP contribution in [-0.4, -0.2) is 42.4 Å². The molecule has 0 aliphatic carbocycles. The number of ether oxygens (including phenoxy) is 3.